The number of hydrogen-bond donors (Lipinski definition) is 0. The van der Waals surface area contributed by atoms with Crippen LogP contribution in [0.15, 0.2) is 123 Å². The number of para-hydroxylation sites is 2. The molecule has 1 aliphatic heterocycles. The van der Waals surface area contributed by atoms with Crippen LogP contribution in [0.2, 0.25) is 0 Å². The van der Waals surface area contributed by atoms with Crippen LogP contribution in [0.1, 0.15) is 90.0 Å². The number of fused-ring (bicyclic) bond motifs is 11. The normalized spacial score (nSPS) is 23.7. The third-order valence-electron chi connectivity index (χ3n) is 13.3. The maximum absolute atomic E-state index is 6.73. The smallest absolute Gasteiger partial charge is 0.142 e. The zero-order chi connectivity index (χ0) is 36.4. The fourth-order valence-corrected chi connectivity index (χ4v) is 10.8. The molecule has 4 heterocycles. The van der Waals surface area contributed by atoms with Gasteiger partial charge in [0.25, 0.3) is 0 Å². The van der Waals surface area contributed by atoms with E-state index in [1.807, 2.05) is 0 Å². The Kier molecular flexibility index (Phi) is 6.82. The second kappa shape index (κ2) is 11.9. The van der Waals surface area contributed by atoms with Gasteiger partial charge < -0.3 is 8.83 Å². The lowest BCUT2D eigenvalue weighted by atomic mass is 9.77. The summed E-state index contributed by atoms with van der Waals surface area (Å²) >= 11 is 0. The molecule has 1 fully saturated rings. The molecule has 12 rings (SSSR count). The number of rotatable bonds is 4. The lowest BCUT2D eigenvalue weighted by Gasteiger charge is -2.27. The summed E-state index contributed by atoms with van der Waals surface area (Å²) in [4.78, 5) is 10.6. The van der Waals surface area contributed by atoms with Crippen LogP contribution < -0.4 is 0 Å². The zero-order valence-electron chi connectivity index (χ0n) is 31.4. The van der Waals surface area contributed by atoms with E-state index in [0.29, 0.717) is 17.8 Å². The molecule has 0 amide bonds. The van der Waals surface area contributed by atoms with Gasteiger partial charge in [-0.05, 0) is 98.3 Å². The van der Waals surface area contributed by atoms with Crippen molar-refractivity contribution in [2.45, 2.75) is 64.7 Å². The van der Waals surface area contributed by atoms with Gasteiger partial charge in [0.1, 0.15) is 22.7 Å². The maximum atomic E-state index is 6.73. The molecule has 3 aromatic carbocycles. The molecule has 6 aliphatic rings. The first-order valence-corrected chi connectivity index (χ1v) is 20.3. The van der Waals surface area contributed by atoms with Gasteiger partial charge in [-0.15, -0.1) is 0 Å². The highest BCUT2D eigenvalue weighted by Crippen LogP contribution is 2.64. The van der Waals surface area contributed by atoms with Crippen molar-refractivity contribution in [3.8, 4) is 0 Å². The molecule has 0 saturated heterocycles. The van der Waals surface area contributed by atoms with Crippen LogP contribution in [0, 0.1) is 24.7 Å². The lowest BCUT2D eigenvalue weighted by molar-refractivity contribution is 0.545. The van der Waals surface area contributed by atoms with Crippen LogP contribution in [-0.4, -0.2) is 10.7 Å². The summed E-state index contributed by atoms with van der Waals surface area (Å²) in [6, 6.07) is 22.2. The minimum absolute atomic E-state index is 0.126. The van der Waals surface area contributed by atoms with Crippen LogP contribution in [0.4, 0.5) is 5.69 Å². The van der Waals surface area contributed by atoms with Crippen LogP contribution >= 0.6 is 0 Å². The number of allylic oxidation sites excluding steroid dienone is 11. The highest BCUT2D eigenvalue weighted by atomic mass is 16.3. The van der Waals surface area contributed by atoms with Crippen molar-refractivity contribution in [3.63, 3.8) is 0 Å². The van der Waals surface area contributed by atoms with E-state index in [1.54, 1.807) is 5.57 Å². The Bertz CT molecular complexity index is 2900. The van der Waals surface area contributed by atoms with Crippen LogP contribution in [0.25, 0.3) is 55.6 Å². The van der Waals surface area contributed by atoms with E-state index in [9.17, 15) is 0 Å². The van der Waals surface area contributed by atoms with Gasteiger partial charge >= 0.3 is 0 Å². The van der Waals surface area contributed by atoms with E-state index in [2.05, 4.69) is 123 Å². The Hall–Kier alpha value is -5.74. The molecule has 4 atom stereocenters. The molecular formula is C51H42N2O2. The minimum atomic E-state index is 0.126. The maximum Gasteiger partial charge on any atom is 0.142 e. The second-order valence-corrected chi connectivity index (χ2v) is 16.5. The number of pyridine rings is 1. The largest absolute Gasteiger partial charge is 0.460 e. The number of aliphatic imine (C=N–C) groups is 1. The van der Waals surface area contributed by atoms with Crippen molar-refractivity contribution in [1.29, 1.82) is 0 Å². The van der Waals surface area contributed by atoms with Gasteiger partial charge in [-0.1, -0.05) is 103 Å². The summed E-state index contributed by atoms with van der Waals surface area (Å²) in [6.07, 6.45) is 25.9. The summed E-state index contributed by atoms with van der Waals surface area (Å²) in [6.45, 7) is 4.39. The standard InChI is InChI=1S/C51H42N2O2/c1-28-24-42(38-22-23-41-47-45(29(2)53-49(41)48(38)52-28)46(47)30-12-4-3-5-13-30)33-26-31(34-16-10-18-39-36-14-6-8-20-43(36)54-50(34)39)25-32(27-33)35-17-11-19-40-37-15-7-9-21-44(37)55-51(35)40/h3-4,6-8,11-12,14-17,19-20,22-25,27,31,45-47H,5,9-10,13,18,21,26H2,1-2H3. The first-order valence-electron chi connectivity index (χ1n) is 20.3. The summed E-state index contributed by atoms with van der Waals surface area (Å²) in [7, 11) is 0. The molecule has 268 valence electrons. The minimum Gasteiger partial charge on any atom is -0.460 e. The van der Waals surface area contributed by atoms with Crippen molar-refractivity contribution in [3.05, 3.63) is 154 Å². The highest BCUT2D eigenvalue weighted by Gasteiger charge is 2.56. The average molecular weight is 715 g/mol. The lowest BCUT2D eigenvalue weighted by Crippen LogP contribution is -2.11. The second-order valence-electron chi connectivity index (χ2n) is 16.5. The molecule has 3 aromatic heterocycles. The van der Waals surface area contributed by atoms with Crippen molar-refractivity contribution in [2.75, 3.05) is 0 Å². The summed E-state index contributed by atoms with van der Waals surface area (Å²) in [5.41, 5.74) is 18.1. The quantitative estimate of drug-likeness (QED) is 0.183. The number of furan rings is 2. The molecule has 4 nitrogen and oxygen atoms in total. The molecule has 4 unspecified atom stereocenters. The summed E-state index contributed by atoms with van der Waals surface area (Å²) < 4.78 is 13.4. The van der Waals surface area contributed by atoms with E-state index in [0.717, 1.165) is 90.1 Å². The third-order valence-corrected chi connectivity index (χ3v) is 13.3. The fraction of sp³-hybridized carbons (Fsp3) is 0.255. The first-order chi connectivity index (χ1) is 27.1. The zero-order valence-corrected chi connectivity index (χ0v) is 31.4. The van der Waals surface area contributed by atoms with Gasteiger partial charge in [0.15, 0.2) is 0 Å². The Labute approximate surface area is 321 Å². The van der Waals surface area contributed by atoms with E-state index < -0.39 is 0 Å². The van der Waals surface area contributed by atoms with Gasteiger partial charge in [0, 0.05) is 68.4 Å². The molecule has 0 radical (unpaired) electrons. The van der Waals surface area contributed by atoms with Crippen molar-refractivity contribution < 1.29 is 8.83 Å². The van der Waals surface area contributed by atoms with Crippen LogP contribution in [0.5, 0.6) is 0 Å². The molecule has 0 spiro atoms. The fourth-order valence-electron chi connectivity index (χ4n) is 10.8. The number of aromatic nitrogens is 1. The molecule has 5 aliphatic carbocycles. The molecule has 55 heavy (non-hydrogen) atoms. The summed E-state index contributed by atoms with van der Waals surface area (Å²) in [5.74, 6) is 3.84. The predicted octanol–water partition coefficient (Wildman–Crippen LogP) is 13.2. The topological polar surface area (TPSA) is 51.5 Å². The van der Waals surface area contributed by atoms with Crippen molar-refractivity contribution in [2.24, 2.45) is 22.7 Å². The van der Waals surface area contributed by atoms with Gasteiger partial charge in [0.05, 0.1) is 11.2 Å². The predicted molar refractivity (Wildman–Crippen MR) is 226 cm³/mol. The Morgan fingerprint density at radius 3 is 2.62 bits per heavy atom. The number of aryl methyl sites for hydroxylation is 3. The van der Waals surface area contributed by atoms with Gasteiger partial charge in [-0.25, -0.2) is 0 Å². The van der Waals surface area contributed by atoms with Gasteiger partial charge in [-0.2, -0.15) is 0 Å². The van der Waals surface area contributed by atoms with E-state index in [4.69, 9.17) is 18.8 Å². The molecule has 0 bridgehead atoms. The molecule has 0 N–H and O–H groups in total. The highest BCUT2D eigenvalue weighted by molar-refractivity contribution is 6.07. The number of hydrogen-bond acceptors (Lipinski definition) is 4. The average Bonchev–Trinajstić information content (AvgIpc) is 3.70. The van der Waals surface area contributed by atoms with E-state index in [-0.39, 0.29) is 5.92 Å². The Morgan fingerprint density at radius 1 is 0.782 bits per heavy atom. The molecule has 6 aromatic rings. The molecular weight excluding hydrogens is 673 g/mol. The first kappa shape index (κ1) is 31.6. The SMILES string of the molecule is CC1=Nc2c(ccc3c(C4=CC(c5cccc6c7c(oc56)CCC=C7)=CC(C5=CCCc6c5oc5ccccc65)C4)cc(C)nc23)C2C(C3=CC=CCC3)C12. The Balaban J connectivity index is 1.03. The van der Waals surface area contributed by atoms with Crippen molar-refractivity contribution >= 4 is 67.0 Å². The van der Waals surface area contributed by atoms with Crippen LogP contribution in [-0.2, 0) is 12.8 Å². The number of nitrogens with zero attached hydrogens (tertiary/aromatic N) is 2. The Morgan fingerprint density at radius 2 is 1.69 bits per heavy atom. The molecule has 4 heteroatoms. The summed E-state index contributed by atoms with van der Waals surface area (Å²) in [5, 5.41) is 3.62. The number of benzene rings is 3. The van der Waals surface area contributed by atoms with E-state index >= 15 is 0 Å². The van der Waals surface area contributed by atoms with Crippen LogP contribution in [0.3, 0.4) is 0 Å². The third kappa shape index (κ3) is 4.76. The monoisotopic (exact) mass is 714 g/mol. The van der Waals surface area contributed by atoms with Crippen molar-refractivity contribution in [1.82, 2.24) is 4.98 Å². The van der Waals surface area contributed by atoms with Gasteiger partial charge in [-0.3, -0.25) is 9.98 Å². The van der Waals surface area contributed by atoms with Gasteiger partial charge in [0.2, 0.25) is 0 Å². The van der Waals surface area contributed by atoms with E-state index in [1.165, 1.54) is 60.8 Å². The molecule has 1 saturated carbocycles.